The van der Waals surface area contributed by atoms with E-state index in [1.807, 2.05) is 58.3 Å². The van der Waals surface area contributed by atoms with Crippen molar-refractivity contribution in [3.05, 3.63) is 59.7 Å². The summed E-state index contributed by atoms with van der Waals surface area (Å²) in [6, 6.07) is 15.7. The Hall–Kier alpha value is -3.59. The molecule has 200 valence electrons. The second-order valence-corrected chi connectivity index (χ2v) is 11.8. The van der Waals surface area contributed by atoms with Crippen molar-refractivity contribution < 1.29 is 14.4 Å². The number of rotatable bonds is 4. The maximum Gasteiger partial charge on any atom is 0.253 e. The number of benzene rings is 2. The second-order valence-electron chi connectivity index (χ2n) is 11.8. The first-order valence-corrected chi connectivity index (χ1v) is 13.6. The SMILES string of the molecule is CC1(C)CCN(C(=O)CN2CN(c3ccccc3)C3(CCN(C(=O)c4ccc5c(c4)CNN5)CC3)C2=O)C1. The highest BCUT2D eigenvalue weighted by Crippen LogP contribution is 2.40. The number of piperidine rings is 1. The van der Waals surface area contributed by atoms with Gasteiger partial charge in [-0.15, -0.1) is 0 Å². The van der Waals surface area contributed by atoms with Crippen LogP contribution >= 0.6 is 0 Å². The fraction of sp³-hybridized carbons (Fsp3) is 0.483. The van der Waals surface area contributed by atoms with Crippen molar-refractivity contribution in [1.29, 1.82) is 0 Å². The number of para-hydroxylation sites is 1. The molecule has 0 radical (unpaired) electrons. The number of nitrogens with one attached hydrogen (secondary N) is 2. The van der Waals surface area contributed by atoms with Crippen molar-refractivity contribution in [2.24, 2.45) is 5.41 Å². The molecular formula is C29H36N6O3. The highest BCUT2D eigenvalue weighted by atomic mass is 16.2. The van der Waals surface area contributed by atoms with Crippen LogP contribution in [0, 0.1) is 5.41 Å². The van der Waals surface area contributed by atoms with Gasteiger partial charge >= 0.3 is 0 Å². The van der Waals surface area contributed by atoms with E-state index in [0.717, 1.165) is 36.4 Å². The van der Waals surface area contributed by atoms with E-state index in [2.05, 4.69) is 29.6 Å². The molecule has 1 spiro atoms. The molecule has 0 bridgehead atoms. The van der Waals surface area contributed by atoms with Crippen LogP contribution in [0.5, 0.6) is 0 Å². The van der Waals surface area contributed by atoms with Gasteiger partial charge in [-0.25, -0.2) is 5.43 Å². The predicted octanol–water partition coefficient (Wildman–Crippen LogP) is 2.66. The molecule has 4 aliphatic heterocycles. The molecule has 0 atom stereocenters. The first-order valence-electron chi connectivity index (χ1n) is 13.6. The third-order valence-corrected chi connectivity index (χ3v) is 8.67. The van der Waals surface area contributed by atoms with Crippen molar-refractivity contribution in [3.63, 3.8) is 0 Å². The third-order valence-electron chi connectivity index (χ3n) is 8.67. The Kier molecular flexibility index (Phi) is 6.06. The summed E-state index contributed by atoms with van der Waals surface area (Å²) in [6.07, 6.45) is 2.04. The molecule has 3 amide bonds. The lowest BCUT2D eigenvalue weighted by Crippen LogP contribution is -2.57. The van der Waals surface area contributed by atoms with Gasteiger partial charge in [0.15, 0.2) is 0 Å². The number of anilines is 2. The minimum absolute atomic E-state index is 0.00469. The van der Waals surface area contributed by atoms with E-state index in [1.54, 1.807) is 4.90 Å². The lowest BCUT2D eigenvalue weighted by Gasteiger charge is -2.43. The standard InChI is InChI=1S/C29H36N6O3/c1-28(2)10-13-33(19-28)25(36)18-34-20-35(23-6-4-3-5-7-23)29(27(34)38)11-14-32(15-12-29)26(37)21-8-9-24-22(16-21)17-30-31-24/h3-9,16,30-31H,10-15,17-20H2,1-2H3. The normalized spacial score (nSPS) is 21.7. The summed E-state index contributed by atoms with van der Waals surface area (Å²) in [4.78, 5) is 48.2. The van der Waals surface area contributed by atoms with Crippen LogP contribution in [-0.2, 0) is 16.1 Å². The van der Waals surface area contributed by atoms with Gasteiger partial charge in [-0.3, -0.25) is 14.4 Å². The Morgan fingerprint density at radius 3 is 2.39 bits per heavy atom. The molecule has 2 aromatic rings. The molecule has 9 nitrogen and oxygen atoms in total. The predicted molar refractivity (Wildman–Crippen MR) is 145 cm³/mol. The van der Waals surface area contributed by atoms with E-state index in [1.165, 1.54) is 0 Å². The molecule has 3 saturated heterocycles. The van der Waals surface area contributed by atoms with Crippen LogP contribution in [0.15, 0.2) is 48.5 Å². The van der Waals surface area contributed by atoms with Crippen molar-refractivity contribution >= 4 is 29.1 Å². The van der Waals surface area contributed by atoms with E-state index in [-0.39, 0.29) is 29.7 Å². The fourth-order valence-corrected chi connectivity index (χ4v) is 6.40. The molecule has 38 heavy (non-hydrogen) atoms. The number of hydrogen-bond donors (Lipinski definition) is 2. The average Bonchev–Trinajstić information content (AvgIpc) is 3.61. The van der Waals surface area contributed by atoms with Crippen LogP contribution in [0.3, 0.4) is 0 Å². The molecule has 0 saturated carbocycles. The van der Waals surface area contributed by atoms with Crippen molar-refractivity contribution in [2.75, 3.05) is 49.7 Å². The molecule has 6 rings (SSSR count). The molecular weight excluding hydrogens is 480 g/mol. The summed E-state index contributed by atoms with van der Waals surface area (Å²) < 4.78 is 0. The van der Waals surface area contributed by atoms with Crippen LogP contribution in [0.25, 0.3) is 0 Å². The van der Waals surface area contributed by atoms with Gasteiger partial charge in [0.05, 0.1) is 12.4 Å². The first kappa shape index (κ1) is 24.7. The van der Waals surface area contributed by atoms with Crippen molar-refractivity contribution in [1.82, 2.24) is 20.1 Å². The lowest BCUT2D eigenvalue weighted by molar-refractivity contribution is -0.140. The Balaban J connectivity index is 1.20. The number of amides is 3. The molecule has 2 aromatic carbocycles. The minimum atomic E-state index is -0.755. The van der Waals surface area contributed by atoms with Crippen molar-refractivity contribution in [3.8, 4) is 0 Å². The highest BCUT2D eigenvalue weighted by molar-refractivity contribution is 5.98. The second kappa shape index (κ2) is 9.31. The number of hydrogen-bond acceptors (Lipinski definition) is 6. The number of nitrogens with zero attached hydrogens (tertiary/aromatic N) is 4. The van der Waals surface area contributed by atoms with Gasteiger partial charge in [0.1, 0.15) is 12.1 Å². The summed E-state index contributed by atoms with van der Waals surface area (Å²) in [5.74, 6) is 0.00654. The number of carbonyl (C=O) groups is 3. The van der Waals surface area contributed by atoms with E-state index in [0.29, 0.717) is 44.7 Å². The molecule has 0 aliphatic carbocycles. The van der Waals surface area contributed by atoms with Crippen LogP contribution in [0.2, 0.25) is 0 Å². The van der Waals surface area contributed by atoms with Crippen LogP contribution < -0.4 is 15.8 Å². The number of likely N-dealkylation sites (tertiary alicyclic amines) is 2. The zero-order valence-corrected chi connectivity index (χ0v) is 22.2. The first-order chi connectivity index (χ1) is 18.3. The maximum atomic E-state index is 14.0. The van der Waals surface area contributed by atoms with Crippen molar-refractivity contribution in [2.45, 2.75) is 45.2 Å². The van der Waals surface area contributed by atoms with E-state index < -0.39 is 5.54 Å². The Morgan fingerprint density at radius 1 is 0.947 bits per heavy atom. The molecule has 0 aromatic heterocycles. The zero-order valence-electron chi connectivity index (χ0n) is 22.2. The van der Waals surface area contributed by atoms with Gasteiger partial charge < -0.3 is 25.0 Å². The van der Waals surface area contributed by atoms with Crippen LogP contribution in [0.4, 0.5) is 11.4 Å². The Labute approximate surface area is 223 Å². The van der Waals surface area contributed by atoms with E-state index >= 15 is 0 Å². The monoisotopic (exact) mass is 516 g/mol. The van der Waals surface area contributed by atoms with E-state index in [9.17, 15) is 14.4 Å². The van der Waals surface area contributed by atoms with Gasteiger partial charge in [-0.05, 0) is 60.6 Å². The maximum absolute atomic E-state index is 14.0. The van der Waals surface area contributed by atoms with Gasteiger partial charge in [0.25, 0.3) is 11.8 Å². The summed E-state index contributed by atoms with van der Waals surface area (Å²) in [5.41, 5.74) is 9.25. The smallest absolute Gasteiger partial charge is 0.253 e. The molecule has 4 aliphatic rings. The van der Waals surface area contributed by atoms with Gasteiger partial charge in [-0.2, -0.15) is 0 Å². The number of hydrazine groups is 1. The fourth-order valence-electron chi connectivity index (χ4n) is 6.40. The number of fused-ring (bicyclic) bond motifs is 1. The average molecular weight is 517 g/mol. The third kappa shape index (κ3) is 4.28. The largest absolute Gasteiger partial charge is 0.341 e. The highest BCUT2D eigenvalue weighted by Gasteiger charge is 2.54. The van der Waals surface area contributed by atoms with Crippen LogP contribution in [-0.4, -0.2) is 77.4 Å². The molecule has 3 fully saturated rings. The lowest BCUT2D eigenvalue weighted by atomic mass is 9.85. The Bertz CT molecular complexity index is 1250. The van der Waals surface area contributed by atoms with Gasteiger partial charge in [0, 0.05) is 44.0 Å². The topological polar surface area (TPSA) is 88.2 Å². The van der Waals surface area contributed by atoms with E-state index in [4.69, 9.17) is 0 Å². The van der Waals surface area contributed by atoms with Gasteiger partial charge in [0.2, 0.25) is 5.91 Å². The summed E-state index contributed by atoms with van der Waals surface area (Å²) in [5, 5.41) is 0. The minimum Gasteiger partial charge on any atom is -0.341 e. The summed E-state index contributed by atoms with van der Waals surface area (Å²) >= 11 is 0. The quantitative estimate of drug-likeness (QED) is 0.650. The zero-order chi connectivity index (χ0) is 26.5. The summed E-state index contributed by atoms with van der Waals surface area (Å²) in [6.45, 7) is 7.97. The molecule has 2 N–H and O–H groups in total. The summed E-state index contributed by atoms with van der Waals surface area (Å²) in [7, 11) is 0. The van der Waals surface area contributed by atoms with Gasteiger partial charge in [-0.1, -0.05) is 32.0 Å². The number of carbonyl (C=O) groups excluding carboxylic acids is 3. The Morgan fingerprint density at radius 2 is 1.68 bits per heavy atom. The molecule has 4 heterocycles. The molecule has 9 heteroatoms. The molecule has 0 unspecified atom stereocenters. The van der Waals surface area contributed by atoms with Crippen LogP contribution in [0.1, 0.15) is 49.0 Å².